The van der Waals surface area contributed by atoms with Crippen LogP contribution in [0, 0.1) is 0 Å². The summed E-state index contributed by atoms with van der Waals surface area (Å²) in [5, 5.41) is 0.666. The topological polar surface area (TPSA) is 16.1 Å². The molecule has 0 bridgehead atoms. The van der Waals surface area contributed by atoms with Gasteiger partial charge in [-0.3, -0.25) is 4.98 Å². The Labute approximate surface area is 154 Å². The van der Waals surface area contributed by atoms with E-state index in [4.69, 9.17) is 23.2 Å². The minimum Gasteiger partial charge on any atom is -0.334 e. The molecule has 1 aromatic carbocycles. The van der Waals surface area contributed by atoms with E-state index in [9.17, 15) is 8.78 Å². The number of alkyl halides is 2. The van der Waals surface area contributed by atoms with Gasteiger partial charge in [0.25, 0.3) is 6.43 Å². The lowest BCUT2D eigenvalue weighted by Crippen LogP contribution is -2.29. The number of nitrogens with zero attached hydrogens (tertiary/aromatic N) is 2. The first-order valence-electron chi connectivity index (χ1n) is 7.51. The summed E-state index contributed by atoms with van der Waals surface area (Å²) in [6, 6.07) is 11.0. The van der Waals surface area contributed by atoms with Crippen LogP contribution < -0.4 is 0 Å². The molecule has 128 valence electrons. The molecule has 2 aromatic rings. The predicted molar refractivity (Wildman–Crippen MR) is 98.5 cm³/mol. The molecule has 1 aromatic heterocycles. The summed E-state index contributed by atoms with van der Waals surface area (Å²) in [5.74, 6) is 0. The van der Waals surface area contributed by atoms with Gasteiger partial charge in [-0.05, 0) is 17.7 Å². The first kappa shape index (κ1) is 17.6. The van der Waals surface area contributed by atoms with Crippen LogP contribution in [0.2, 0.25) is 10.0 Å². The number of aromatic nitrogens is 1. The van der Waals surface area contributed by atoms with Gasteiger partial charge in [0.15, 0.2) is 0 Å². The molecule has 0 unspecified atom stereocenters. The van der Waals surface area contributed by atoms with Gasteiger partial charge in [0.2, 0.25) is 0 Å². The van der Waals surface area contributed by atoms with Crippen LogP contribution in [0.1, 0.15) is 11.3 Å². The van der Waals surface area contributed by atoms with Crippen LogP contribution in [-0.4, -0.2) is 22.9 Å². The van der Waals surface area contributed by atoms with Gasteiger partial charge in [-0.15, -0.1) is 0 Å². The molecule has 0 saturated heterocycles. The molecule has 1 aliphatic heterocycles. The summed E-state index contributed by atoms with van der Waals surface area (Å²) in [5.41, 5.74) is 2.93. The Hall–Kier alpha value is -2.17. The Bertz CT molecular complexity index is 861. The van der Waals surface area contributed by atoms with Crippen molar-refractivity contribution < 1.29 is 8.78 Å². The third kappa shape index (κ3) is 3.75. The molecule has 6 heteroatoms. The van der Waals surface area contributed by atoms with E-state index in [1.807, 2.05) is 36.4 Å². The van der Waals surface area contributed by atoms with Crippen molar-refractivity contribution in [3.63, 3.8) is 0 Å². The highest BCUT2D eigenvalue weighted by Gasteiger charge is 2.27. The number of hydrogen-bond donors (Lipinski definition) is 0. The molecule has 3 rings (SSSR count). The van der Waals surface area contributed by atoms with Gasteiger partial charge in [0, 0.05) is 17.5 Å². The monoisotopic (exact) mass is 378 g/mol. The van der Waals surface area contributed by atoms with Crippen LogP contribution in [0.5, 0.6) is 0 Å². The molecular weight excluding hydrogens is 365 g/mol. The molecular formula is C19H14Cl2F2N2. The largest absolute Gasteiger partial charge is 0.334 e. The predicted octanol–water partition coefficient (Wildman–Crippen LogP) is 5.91. The van der Waals surface area contributed by atoms with Crippen LogP contribution in [0.4, 0.5) is 8.78 Å². The quantitative estimate of drug-likeness (QED) is 0.657. The Balaban J connectivity index is 2.25. The summed E-state index contributed by atoms with van der Waals surface area (Å²) in [4.78, 5) is 5.73. The van der Waals surface area contributed by atoms with Crippen LogP contribution in [-0.2, 0) is 0 Å². The first-order valence-corrected chi connectivity index (χ1v) is 8.26. The van der Waals surface area contributed by atoms with Crippen molar-refractivity contribution in [3.8, 4) is 0 Å². The maximum Gasteiger partial charge on any atom is 0.256 e. The summed E-state index contributed by atoms with van der Waals surface area (Å²) < 4.78 is 26.3. The number of rotatable bonds is 4. The summed E-state index contributed by atoms with van der Waals surface area (Å²) in [7, 11) is 0. The summed E-state index contributed by atoms with van der Waals surface area (Å²) in [6.45, 7) is 3.37. The Morgan fingerprint density at radius 3 is 2.48 bits per heavy atom. The average Bonchev–Trinajstić information content (AvgIpc) is 2.57. The smallest absolute Gasteiger partial charge is 0.256 e. The Kier molecular flexibility index (Phi) is 5.21. The fraction of sp³-hybridized carbons (Fsp3) is 0.105. The van der Waals surface area contributed by atoms with E-state index in [1.54, 1.807) is 12.1 Å². The van der Waals surface area contributed by atoms with Gasteiger partial charge >= 0.3 is 0 Å². The van der Waals surface area contributed by atoms with E-state index in [2.05, 4.69) is 11.6 Å². The third-order valence-electron chi connectivity index (χ3n) is 3.75. The molecule has 2 nitrogen and oxygen atoms in total. The molecule has 0 aliphatic carbocycles. The third-order valence-corrected chi connectivity index (χ3v) is 4.25. The van der Waals surface area contributed by atoms with Crippen molar-refractivity contribution in [2.24, 2.45) is 0 Å². The van der Waals surface area contributed by atoms with Crippen molar-refractivity contribution in [3.05, 3.63) is 88.3 Å². The van der Waals surface area contributed by atoms with E-state index >= 15 is 0 Å². The number of pyridine rings is 1. The van der Waals surface area contributed by atoms with E-state index < -0.39 is 13.0 Å². The molecule has 0 atom stereocenters. The second-order valence-corrected chi connectivity index (χ2v) is 6.28. The molecule has 0 spiro atoms. The molecule has 2 heterocycles. The zero-order valence-corrected chi connectivity index (χ0v) is 14.6. The Morgan fingerprint density at radius 1 is 1.12 bits per heavy atom. The van der Waals surface area contributed by atoms with Gasteiger partial charge < -0.3 is 4.90 Å². The van der Waals surface area contributed by atoms with Gasteiger partial charge in [0.05, 0.1) is 22.3 Å². The normalized spacial score (nSPS) is 14.6. The van der Waals surface area contributed by atoms with Gasteiger partial charge in [0.1, 0.15) is 5.69 Å². The van der Waals surface area contributed by atoms with Crippen molar-refractivity contribution in [1.29, 1.82) is 0 Å². The van der Waals surface area contributed by atoms with Crippen molar-refractivity contribution in [2.45, 2.75) is 6.43 Å². The lowest BCUT2D eigenvalue weighted by molar-refractivity contribution is 0.123. The Morgan fingerprint density at radius 2 is 1.84 bits per heavy atom. The zero-order valence-electron chi connectivity index (χ0n) is 13.1. The molecule has 0 saturated carbocycles. The van der Waals surface area contributed by atoms with E-state index in [0.717, 1.165) is 11.1 Å². The minimum absolute atomic E-state index is 0.290. The van der Waals surface area contributed by atoms with Crippen molar-refractivity contribution in [2.75, 3.05) is 6.54 Å². The number of halogens is 4. The lowest BCUT2D eigenvalue weighted by atomic mass is 9.97. The van der Waals surface area contributed by atoms with Crippen molar-refractivity contribution in [1.82, 2.24) is 9.88 Å². The number of benzene rings is 1. The number of allylic oxidation sites excluding steroid dienone is 3. The standard InChI is InChI=1S/C19H14Cl2F2N2/c1-12-7-8-15(13-5-3-2-4-6-13)19(25(12)11-17(22)23)18-16(21)9-14(20)10-24-18/h2-10,17H,1,11H2. The maximum atomic E-state index is 13.2. The second kappa shape index (κ2) is 7.38. The van der Waals surface area contributed by atoms with Gasteiger partial charge in [-0.25, -0.2) is 8.78 Å². The highest BCUT2D eigenvalue weighted by atomic mass is 35.5. The van der Waals surface area contributed by atoms with Gasteiger partial charge in [-0.2, -0.15) is 0 Å². The molecule has 0 fully saturated rings. The van der Waals surface area contributed by atoms with Crippen molar-refractivity contribution >= 4 is 34.5 Å². The van der Waals surface area contributed by atoms with E-state index in [-0.39, 0.29) is 0 Å². The SMILES string of the molecule is C=C1C=CC(c2ccccc2)=C(c2ncc(Cl)cc2Cl)N1CC(F)F. The molecule has 25 heavy (non-hydrogen) atoms. The second-order valence-electron chi connectivity index (χ2n) is 5.44. The molecule has 1 aliphatic rings. The summed E-state index contributed by atoms with van der Waals surface area (Å²) in [6.07, 6.45) is 2.45. The highest BCUT2D eigenvalue weighted by Crippen LogP contribution is 2.38. The first-order chi connectivity index (χ1) is 12.0. The van der Waals surface area contributed by atoms with Crippen LogP contribution in [0.3, 0.4) is 0 Å². The molecule has 0 N–H and O–H groups in total. The summed E-state index contributed by atoms with van der Waals surface area (Å²) >= 11 is 12.2. The number of hydrogen-bond acceptors (Lipinski definition) is 2. The van der Waals surface area contributed by atoms with Crippen LogP contribution >= 0.6 is 23.2 Å². The van der Waals surface area contributed by atoms with Gasteiger partial charge in [-0.1, -0.05) is 66.2 Å². The van der Waals surface area contributed by atoms with E-state index in [0.29, 0.717) is 27.1 Å². The van der Waals surface area contributed by atoms with E-state index in [1.165, 1.54) is 11.1 Å². The zero-order chi connectivity index (χ0) is 18.0. The maximum absolute atomic E-state index is 13.2. The fourth-order valence-electron chi connectivity index (χ4n) is 2.68. The average molecular weight is 379 g/mol. The molecule has 0 amide bonds. The fourth-order valence-corrected chi connectivity index (χ4v) is 3.15. The minimum atomic E-state index is -2.54. The molecule has 0 radical (unpaired) electrons. The van der Waals surface area contributed by atoms with Crippen LogP contribution in [0.15, 0.2) is 67.0 Å². The highest BCUT2D eigenvalue weighted by molar-refractivity contribution is 6.35. The van der Waals surface area contributed by atoms with Crippen LogP contribution in [0.25, 0.3) is 11.3 Å². The lowest BCUT2D eigenvalue weighted by Gasteiger charge is -2.32.